The van der Waals surface area contributed by atoms with Gasteiger partial charge in [0.15, 0.2) is 0 Å². The highest BCUT2D eigenvalue weighted by Gasteiger charge is 2.10. The Hall–Kier alpha value is -1.22. The molecule has 1 aromatic rings. The fourth-order valence-corrected chi connectivity index (χ4v) is 1.45. The summed E-state index contributed by atoms with van der Waals surface area (Å²) in [4.78, 5) is 0. The molecule has 1 aromatic carbocycles. The maximum atomic E-state index is 5.84. The number of benzene rings is 1. The van der Waals surface area contributed by atoms with Crippen LogP contribution in [0.4, 0.5) is 11.4 Å². The molecule has 0 bridgehead atoms. The first kappa shape index (κ1) is 9.86. The van der Waals surface area contributed by atoms with Crippen LogP contribution in [0.2, 0.25) is 0 Å². The molecule has 0 saturated carbocycles. The largest absolute Gasteiger partial charge is 0.397 e. The van der Waals surface area contributed by atoms with E-state index in [2.05, 4.69) is 19.9 Å². The maximum absolute atomic E-state index is 5.84. The van der Waals surface area contributed by atoms with Crippen LogP contribution in [0.3, 0.4) is 0 Å². The molecule has 1 rings (SSSR count). The molecule has 0 aliphatic rings. The van der Waals surface area contributed by atoms with E-state index in [9.17, 15) is 0 Å². The van der Waals surface area contributed by atoms with Crippen molar-refractivity contribution in [3.8, 4) is 0 Å². The summed E-state index contributed by atoms with van der Waals surface area (Å²) in [7, 11) is 1.80. The van der Waals surface area contributed by atoms with Crippen molar-refractivity contribution in [2.75, 3.05) is 17.8 Å². The van der Waals surface area contributed by atoms with Crippen molar-refractivity contribution in [3.63, 3.8) is 0 Å². The third-order valence-electron chi connectivity index (χ3n) is 2.07. The molecule has 0 heterocycles. The molecule has 4 N–H and O–H groups in total. The van der Waals surface area contributed by atoms with Gasteiger partial charge in [-0.05, 0) is 17.5 Å². The lowest BCUT2D eigenvalue weighted by Crippen LogP contribution is -2.27. The quantitative estimate of drug-likeness (QED) is 0.413. The first-order chi connectivity index (χ1) is 6.04. The van der Waals surface area contributed by atoms with E-state index in [0.29, 0.717) is 5.92 Å². The van der Waals surface area contributed by atoms with Gasteiger partial charge in [0, 0.05) is 7.05 Å². The standard InChI is InChI=1S/C10H17N3/c1-7(2)8-5-4-6-9(11)10(8)13(3)12/h4-7H,11-12H2,1-3H3. The van der Waals surface area contributed by atoms with Gasteiger partial charge in [0.2, 0.25) is 0 Å². The molecule has 0 unspecified atom stereocenters. The highest BCUT2D eigenvalue weighted by Crippen LogP contribution is 2.30. The van der Waals surface area contributed by atoms with Crippen molar-refractivity contribution >= 4 is 11.4 Å². The minimum Gasteiger partial charge on any atom is -0.397 e. The van der Waals surface area contributed by atoms with Crippen LogP contribution in [0.25, 0.3) is 0 Å². The summed E-state index contributed by atoms with van der Waals surface area (Å²) in [6.45, 7) is 4.25. The molecular weight excluding hydrogens is 162 g/mol. The molecule has 0 aromatic heterocycles. The van der Waals surface area contributed by atoms with Gasteiger partial charge in [0.05, 0.1) is 11.4 Å². The Balaban J connectivity index is 3.26. The van der Waals surface area contributed by atoms with E-state index in [0.717, 1.165) is 11.4 Å². The van der Waals surface area contributed by atoms with Crippen molar-refractivity contribution in [2.45, 2.75) is 19.8 Å². The molecular formula is C10H17N3. The number of para-hydroxylation sites is 1. The van der Waals surface area contributed by atoms with Crippen molar-refractivity contribution < 1.29 is 0 Å². The summed E-state index contributed by atoms with van der Waals surface area (Å²) in [6.07, 6.45) is 0. The van der Waals surface area contributed by atoms with Crippen molar-refractivity contribution in [1.29, 1.82) is 0 Å². The number of nitrogens with two attached hydrogens (primary N) is 2. The van der Waals surface area contributed by atoms with E-state index in [1.165, 1.54) is 5.56 Å². The van der Waals surface area contributed by atoms with Crippen LogP contribution in [0.1, 0.15) is 25.3 Å². The van der Waals surface area contributed by atoms with Crippen LogP contribution >= 0.6 is 0 Å². The number of nitrogen functional groups attached to an aromatic ring is 1. The molecule has 3 nitrogen and oxygen atoms in total. The van der Waals surface area contributed by atoms with Crippen LogP contribution in [0.5, 0.6) is 0 Å². The zero-order valence-electron chi connectivity index (χ0n) is 8.41. The van der Waals surface area contributed by atoms with Gasteiger partial charge in [0.25, 0.3) is 0 Å². The van der Waals surface area contributed by atoms with Crippen LogP contribution in [0, 0.1) is 0 Å². The minimum absolute atomic E-state index is 0.435. The summed E-state index contributed by atoms with van der Waals surface area (Å²) in [5.74, 6) is 6.14. The highest BCUT2D eigenvalue weighted by molar-refractivity contribution is 5.71. The Labute approximate surface area is 79.3 Å². The average molecular weight is 179 g/mol. The monoisotopic (exact) mass is 179 g/mol. The van der Waals surface area contributed by atoms with E-state index in [1.807, 2.05) is 12.1 Å². The van der Waals surface area contributed by atoms with Crippen LogP contribution in [0.15, 0.2) is 18.2 Å². The SMILES string of the molecule is CC(C)c1cccc(N)c1N(C)N. The second-order valence-electron chi connectivity index (χ2n) is 3.55. The molecule has 3 heteroatoms. The van der Waals surface area contributed by atoms with Gasteiger partial charge in [-0.15, -0.1) is 0 Å². The summed E-state index contributed by atoms with van der Waals surface area (Å²) < 4.78 is 0. The Morgan fingerprint density at radius 2 is 1.92 bits per heavy atom. The molecule has 0 amide bonds. The number of hydrogen-bond acceptors (Lipinski definition) is 3. The van der Waals surface area contributed by atoms with E-state index in [-0.39, 0.29) is 0 Å². The van der Waals surface area contributed by atoms with Crippen LogP contribution in [-0.4, -0.2) is 7.05 Å². The van der Waals surface area contributed by atoms with E-state index < -0.39 is 0 Å². The third kappa shape index (κ3) is 1.92. The fraction of sp³-hybridized carbons (Fsp3) is 0.400. The summed E-state index contributed by atoms with van der Waals surface area (Å²) in [5, 5.41) is 1.57. The number of hydrazine groups is 1. The maximum Gasteiger partial charge on any atom is 0.0777 e. The van der Waals surface area contributed by atoms with Crippen LogP contribution < -0.4 is 16.6 Å². The molecule has 0 aliphatic heterocycles. The van der Waals surface area contributed by atoms with Crippen LogP contribution in [-0.2, 0) is 0 Å². The van der Waals surface area contributed by atoms with Crippen molar-refractivity contribution in [3.05, 3.63) is 23.8 Å². The number of nitrogens with zero attached hydrogens (tertiary/aromatic N) is 1. The first-order valence-electron chi connectivity index (χ1n) is 4.41. The predicted molar refractivity (Wildman–Crippen MR) is 57.5 cm³/mol. The van der Waals surface area contributed by atoms with E-state index >= 15 is 0 Å². The molecule has 0 fully saturated rings. The van der Waals surface area contributed by atoms with Gasteiger partial charge in [-0.1, -0.05) is 26.0 Å². The number of rotatable bonds is 2. The molecule has 13 heavy (non-hydrogen) atoms. The Kier molecular flexibility index (Phi) is 2.78. The van der Waals surface area contributed by atoms with E-state index in [4.69, 9.17) is 11.6 Å². The van der Waals surface area contributed by atoms with Gasteiger partial charge in [-0.2, -0.15) is 0 Å². The molecule has 0 spiro atoms. The first-order valence-corrected chi connectivity index (χ1v) is 4.41. The normalized spacial score (nSPS) is 10.5. The van der Waals surface area contributed by atoms with Gasteiger partial charge in [-0.3, -0.25) is 0 Å². The Morgan fingerprint density at radius 1 is 1.31 bits per heavy atom. The lowest BCUT2D eigenvalue weighted by atomic mass is 10.00. The predicted octanol–water partition coefficient (Wildman–Crippen LogP) is 1.70. The van der Waals surface area contributed by atoms with Gasteiger partial charge in [-0.25, -0.2) is 5.84 Å². The molecule has 0 saturated heterocycles. The van der Waals surface area contributed by atoms with Crippen molar-refractivity contribution in [2.24, 2.45) is 5.84 Å². The molecule has 72 valence electrons. The van der Waals surface area contributed by atoms with Gasteiger partial charge in [0.1, 0.15) is 0 Å². The number of anilines is 2. The smallest absolute Gasteiger partial charge is 0.0777 e. The zero-order valence-corrected chi connectivity index (χ0v) is 8.41. The minimum atomic E-state index is 0.435. The fourth-order valence-electron chi connectivity index (χ4n) is 1.45. The second-order valence-corrected chi connectivity index (χ2v) is 3.55. The highest BCUT2D eigenvalue weighted by atomic mass is 15.4. The average Bonchev–Trinajstić information content (AvgIpc) is 2.02. The molecule has 0 atom stereocenters. The molecule has 0 radical (unpaired) electrons. The Bertz CT molecular complexity index is 292. The summed E-state index contributed by atoms with van der Waals surface area (Å²) >= 11 is 0. The van der Waals surface area contributed by atoms with Gasteiger partial charge >= 0.3 is 0 Å². The lowest BCUT2D eigenvalue weighted by molar-refractivity contribution is 0.852. The third-order valence-corrected chi connectivity index (χ3v) is 2.07. The lowest BCUT2D eigenvalue weighted by Gasteiger charge is -2.21. The summed E-state index contributed by atoms with van der Waals surface area (Å²) in [6, 6.07) is 5.88. The zero-order chi connectivity index (χ0) is 10.0. The molecule has 0 aliphatic carbocycles. The second kappa shape index (κ2) is 3.66. The summed E-state index contributed by atoms with van der Waals surface area (Å²) in [5.41, 5.74) is 8.68. The topological polar surface area (TPSA) is 55.3 Å². The Morgan fingerprint density at radius 3 is 2.31 bits per heavy atom. The van der Waals surface area contributed by atoms with E-state index in [1.54, 1.807) is 12.1 Å². The van der Waals surface area contributed by atoms with Gasteiger partial charge < -0.3 is 10.7 Å². The number of hydrogen-bond donors (Lipinski definition) is 2. The van der Waals surface area contributed by atoms with Crippen molar-refractivity contribution in [1.82, 2.24) is 0 Å².